The van der Waals surface area contributed by atoms with Crippen LogP contribution in [0.3, 0.4) is 0 Å². The number of carbonyl (C=O) groups is 1. The van der Waals surface area contributed by atoms with E-state index in [1.54, 1.807) is 44.4 Å². The Morgan fingerprint density at radius 1 is 1.12 bits per heavy atom. The summed E-state index contributed by atoms with van der Waals surface area (Å²) in [6.45, 7) is 2.28. The van der Waals surface area contributed by atoms with Gasteiger partial charge in [-0.1, -0.05) is 35.3 Å². The van der Waals surface area contributed by atoms with E-state index in [1.165, 1.54) is 0 Å². The molecule has 5 nitrogen and oxygen atoms in total. The molecular weight excluding hydrogens is 365 g/mol. The average molecular weight is 384 g/mol. The predicted molar refractivity (Wildman–Crippen MR) is 98.1 cm³/mol. The van der Waals surface area contributed by atoms with Gasteiger partial charge in [0.2, 0.25) is 0 Å². The molecule has 2 aromatic rings. The van der Waals surface area contributed by atoms with Gasteiger partial charge in [-0.3, -0.25) is 4.79 Å². The van der Waals surface area contributed by atoms with E-state index < -0.39 is 6.10 Å². The third kappa shape index (κ3) is 5.73. The first-order chi connectivity index (χ1) is 12.0. The fourth-order valence-electron chi connectivity index (χ4n) is 2.03. The highest BCUT2D eigenvalue weighted by atomic mass is 35.5. The van der Waals surface area contributed by atoms with Crippen molar-refractivity contribution in [3.05, 3.63) is 52.5 Å². The maximum absolute atomic E-state index is 12.1. The lowest BCUT2D eigenvalue weighted by atomic mass is 10.3. The topological polar surface area (TPSA) is 56.8 Å². The number of nitrogens with one attached hydrogen (secondary N) is 1. The minimum atomic E-state index is -0.704. The SMILES string of the molecule is COc1ccccc1OCCNC(=O)C(C)Oc1ccc(Cl)cc1Cl. The molecule has 0 radical (unpaired) electrons. The first-order valence-electron chi connectivity index (χ1n) is 7.66. The largest absolute Gasteiger partial charge is 0.493 e. The third-order valence-corrected chi connectivity index (χ3v) is 3.83. The number of carbonyl (C=O) groups excluding carboxylic acids is 1. The number of ether oxygens (including phenoxy) is 3. The van der Waals surface area contributed by atoms with E-state index in [9.17, 15) is 4.79 Å². The molecule has 134 valence electrons. The zero-order chi connectivity index (χ0) is 18.2. The summed E-state index contributed by atoms with van der Waals surface area (Å²) in [4.78, 5) is 12.1. The molecule has 0 aromatic heterocycles. The van der Waals surface area contributed by atoms with Crippen molar-refractivity contribution in [3.8, 4) is 17.2 Å². The lowest BCUT2D eigenvalue weighted by molar-refractivity contribution is -0.127. The third-order valence-electron chi connectivity index (χ3n) is 3.29. The first kappa shape index (κ1) is 19.2. The highest BCUT2D eigenvalue weighted by Gasteiger charge is 2.16. The molecule has 2 aromatic carbocycles. The lowest BCUT2D eigenvalue weighted by Gasteiger charge is -2.16. The van der Waals surface area contributed by atoms with Gasteiger partial charge in [-0.05, 0) is 37.3 Å². The van der Waals surface area contributed by atoms with Crippen molar-refractivity contribution in [1.82, 2.24) is 5.32 Å². The second-order valence-corrected chi connectivity index (χ2v) is 5.97. The zero-order valence-corrected chi connectivity index (χ0v) is 15.4. The molecule has 0 saturated heterocycles. The summed E-state index contributed by atoms with van der Waals surface area (Å²) in [5, 5.41) is 3.60. The maximum atomic E-state index is 12.1. The molecular formula is C18H19Cl2NO4. The maximum Gasteiger partial charge on any atom is 0.260 e. The highest BCUT2D eigenvalue weighted by Crippen LogP contribution is 2.28. The summed E-state index contributed by atoms with van der Waals surface area (Å²) in [5.41, 5.74) is 0. The molecule has 1 N–H and O–H groups in total. The van der Waals surface area contributed by atoms with Crippen LogP contribution in [0, 0.1) is 0 Å². The molecule has 7 heteroatoms. The van der Waals surface area contributed by atoms with Gasteiger partial charge in [-0.15, -0.1) is 0 Å². The van der Waals surface area contributed by atoms with E-state index in [2.05, 4.69) is 5.32 Å². The summed E-state index contributed by atoms with van der Waals surface area (Å²) in [5.74, 6) is 1.40. The number of rotatable bonds is 8. The van der Waals surface area contributed by atoms with Crippen LogP contribution in [0.5, 0.6) is 17.2 Å². The van der Waals surface area contributed by atoms with Gasteiger partial charge in [0.25, 0.3) is 5.91 Å². The second kappa shape index (κ2) is 9.39. The number of para-hydroxylation sites is 2. The Labute approximate surface area is 156 Å². The number of halogens is 2. The quantitative estimate of drug-likeness (QED) is 0.700. The van der Waals surface area contributed by atoms with Crippen molar-refractivity contribution in [3.63, 3.8) is 0 Å². The average Bonchev–Trinajstić information content (AvgIpc) is 2.61. The van der Waals surface area contributed by atoms with E-state index in [0.717, 1.165) is 0 Å². The summed E-state index contributed by atoms with van der Waals surface area (Å²) < 4.78 is 16.3. The molecule has 1 atom stereocenters. The smallest absolute Gasteiger partial charge is 0.260 e. The van der Waals surface area contributed by atoms with Gasteiger partial charge < -0.3 is 19.5 Å². The van der Waals surface area contributed by atoms with Gasteiger partial charge in [-0.25, -0.2) is 0 Å². The Bertz CT molecular complexity index is 724. The van der Waals surface area contributed by atoms with Crippen molar-refractivity contribution in [2.45, 2.75) is 13.0 Å². The van der Waals surface area contributed by atoms with Crippen LogP contribution in [0.15, 0.2) is 42.5 Å². The molecule has 1 amide bonds. The number of hydrogen-bond donors (Lipinski definition) is 1. The van der Waals surface area contributed by atoms with Crippen LogP contribution in [-0.4, -0.2) is 32.3 Å². The summed E-state index contributed by atoms with van der Waals surface area (Å²) in [6.07, 6.45) is -0.704. The first-order valence-corrected chi connectivity index (χ1v) is 8.42. The van der Waals surface area contributed by atoms with Crippen molar-refractivity contribution < 1.29 is 19.0 Å². The summed E-state index contributed by atoms with van der Waals surface area (Å²) in [6, 6.07) is 12.1. The van der Waals surface area contributed by atoms with Crippen molar-refractivity contribution in [2.75, 3.05) is 20.3 Å². The van der Waals surface area contributed by atoms with E-state index in [-0.39, 0.29) is 5.91 Å². The van der Waals surface area contributed by atoms with Gasteiger partial charge in [0, 0.05) is 5.02 Å². The van der Waals surface area contributed by atoms with Crippen LogP contribution in [0.2, 0.25) is 10.0 Å². The fraction of sp³-hybridized carbons (Fsp3) is 0.278. The Hall–Kier alpha value is -2.11. The van der Waals surface area contributed by atoms with Gasteiger partial charge in [0.15, 0.2) is 17.6 Å². The predicted octanol–water partition coefficient (Wildman–Crippen LogP) is 3.96. The Balaban J connectivity index is 1.77. The number of hydrogen-bond acceptors (Lipinski definition) is 4. The molecule has 25 heavy (non-hydrogen) atoms. The molecule has 0 saturated carbocycles. The Kier molecular flexibility index (Phi) is 7.22. The van der Waals surface area contributed by atoms with Crippen LogP contribution in [0.1, 0.15) is 6.92 Å². The molecule has 0 aliphatic heterocycles. The van der Waals surface area contributed by atoms with Gasteiger partial charge in [0.1, 0.15) is 12.4 Å². The second-order valence-electron chi connectivity index (χ2n) is 5.13. The Morgan fingerprint density at radius 3 is 2.52 bits per heavy atom. The summed E-state index contributed by atoms with van der Waals surface area (Å²) >= 11 is 11.9. The Morgan fingerprint density at radius 2 is 1.84 bits per heavy atom. The van der Waals surface area contributed by atoms with Gasteiger partial charge in [0.05, 0.1) is 18.7 Å². The van der Waals surface area contributed by atoms with Crippen LogP contribution in [-0.2, 0) is 4.79 Å². The van der Waals surface area contributed by atoms with Crippen LogP contribution in [0.25, 0.3) is 0 Å². The van der Waals surface area contributed by atoms with Crippen LogP contribution < -0.4 is 19.5 Å². The molecule has 0 aliphatic rings. The van der Waals surface area contributed by atoms with Crippen LogP contribution >= 0.6 is 23.2 Å². The number of amides is 1. The fourth-order valence-corrected chi connectivity index (χ4v) is 2.48. The van der Waals surface area contributed by atoms with Crippen molar-refractivity contribution in [1.29, 1.82) is 0 Å². The minimum Gasteiger partial charge on any atom is -0.493 e. The molecule has 0 fully saturated rings. The monoisotopic (exact) mass is 383 g/mol. The molecule has 0 heterocycles. The number of benzene rings is 2. The van der Waals surface area contributed by atoms with Gasteiger partial charge in [-0.2, -0.15) is 0 Å². The molecule has 0 bridgehead atoms. The molecule has 1 unspecified atom stereocenters. The molecule has 0 aliphatic carbocycles. The van der Waals surface area contributed by atoms with E-state index >= 15 is 0 Å². The van der Waals surface area contributed by atoms with E-state index in [1.807, 2.05) is 12.1 Å². The highest BCUT2D eigenvalue weighted by molar-refractivity contribution is 6.35. The van der Waals surface area contributed by atoms with Gasteiger partial charge >= 0.3 is 0 Å². The molecule has 2 rings (SSSR count). The van der Waals surface area contributed by atoms with Crippen LogP contribution in [0.4, 0.5) is 0 Å². The molecule has 0 spiro atoms. The summed E-state index contributed by atoms with van der Waals surface area (Å²) in [7, 11) is 1.57. The van der Waals surface area contributed by atoms with Crippen molar-refractivity contribution in [2.24, 2.45) is 0 Å². The van der Waals surface area contributed by atoms with E-state index in [4.69, 9.17) is 37.4 Å². The van der Waals surface area contributed by atoms with Crippen molar-refractivity contribution >= 4 is 29.1 Å². The van der Waals surface area contributed by atoms with E-state index in [0.29, 0.717) is 40.4 Å². The lowest BCUT2D eigenvalue weighted by Crippen LogP contribution is -2.38. The normalized spacial score (nSPS) is 11.5. The standard InChI is InChI=1S/C18H19Cl2NO4/c1-12(25-15-8-7-13(19)11-14(15)20)18(22)21-9-10-24-17-6-4-3-5-16(17)23-2/h3-8,11-12H,9-10H2,1-2H3,(H,21,22). The number of methoxy groups -OCH3 is 1. The minimum absolute atomic E-state index is 0.269. The zero-order valence-electron chi connectivity index (χ0n) is 13.9.